The van der Waals surface area contributed by atoms with Crippen molar-refractivity contribution in [2.24, 2.45) is 0 Å². The molecule has 3 heteroatoms. The van der Waals surface area contributed by atoms with Gasteiger partial charge in [0.25, 0.3) is 5.91 Å². The van der Waals surface area contributed by atoms with E-state index in [1.54, 1.807) is 18.3 Å². The van der Waals surface area contributed by atoms with Crippen LogP contribution >= 0.6 is 0 Å². The number of nitrogens with one attached hydrogen (secondary N) is 1. The fourth-order valence-electron chi connectivity index (χ4n) is 1.61. The predicted octanol–water partition coefficient (Wildman–Crippen LogP) is 2.95. The summed E-state index contributed by atoms with van der Waals surface area (Å²) in [6.07, 6.45) is 1.68. The summed E-state index contributed by atoms with van der Waals surface area (Å²) < 4.78 is 0. The fourth-order valence-corrected chi connectivity index (χ4v) is 1.61. The van der Waals surface area contributed by atoms with Gasteiger partial charge in [0.1, 0.15) is 0 Å². The molecular weight excluding hydrogens is 212 g/mol. The van der Waals surface area contributed by atoms with Crippen LogP contribution in [0.25, 0.3) is 0 Å². The van der Waals surface area contributed by atoms with Crippen molar-refractivity contribution < 1.29 is 4.79 Å². The molecule has 1 N–H and O–H groups in total. The van der Waals surface area contributed by atoms with E-state index in [2.05, 4.69) is 10.3 Å². The molecule has 1 amide bonds. The monoisotopic (exact) mass is 226 g/mol. The number of aromatic nitrogens is 1. The number of hydrogen-bond acceptors (Lipinski definition) is 2. The fraction of sp³-hybridized carbons (Fsp3) is 0.143. The molecule has 0 spiro atoms. The molecule has 0 aliphatic carbocycles. The van der Waals surface area contributed by atoms with Gasteiger partial charge in [-0.3, -0.25) is 9.78 Å². The van der Waals surface area contributed by atoms with Gasteiger partial charge < -0.3 is 5.32 Å². The van der Waals surface area contributed by atoms with Gasteiger partial charge in [0, 0.05) is 23.1 Å². The van der Waals surface area contributed by atoms with Gasteiger partial charge in [-0.25, -0.2) is 0 Å². The number of anilines is 1. The Morgan fingerprint density at radius 3 is 2.71 bits per heavy atom. The Labute approximate surface area is 101 Å². The van der Waals surface area contributed by atoms with E-state index in [1.165, 1.54) is 0 Å². The molecule has 17 heavy (non-hydrogen) atoms. The van der Waals surface area contributed by atoms with Crippen molar-refractivity contribution in [3.8, 4) is 0 Å². The minimum absolute atomic E-state index is 0.0979. The Balaban J connectivity index is 2.17. The van der Waals surface area contributed by atoms with Crippen molar-refractivity contribution >= 4 is 11.6 Å². The van der Waals surface area contributed by atoms with E-state index in [-0.39, 0.29) is 5.91 Å². The molecule has 0 aliphatic heterocycles. The lowest BCUT2D eigenvalue weighted by Crippen LogP contribution is -2.12. The van der Waals surface area contributed by atoms with Gasteiger partial charge in [-0.1, -0.05) is 17.7 Å². The van der Waals surface area contributed by atoms with E-state index in [0.29, 0.717) is 5.56 Å². The van der Waals surface area contributed by atoms with E-state index >= 15 is 0 Å². The van der Waals surface area contributed by atoms with Crippen LogP contribution in [0, 0.1) is 13.8 Å². The molecule has 0 saturated carbocycles. The molecular formula is C14H14N2O. The number of hydrogen-bond donors (Lipinski definition) is 1. The second-order valence-electron chi connectivity index (χ2n) is 4.01. The second kappa shape index (κ2) is 4.78. The average molecular weight is 226 g/mol. The van der Waals surface area contributed by atoms with E-state index in [4.69, 9.17) is 0 Å². The summed E-state index contributed by atoms with van der Waals surface area (Å²) in [6.45, 7) is 3.86. The highest BCUT2D eigenvalue weighted by Gasteiger charge is 2.05. The Hall–Kier alpha value is -2.16. The standard InChI is InChI=1S/C14H14N2O/c1-10-4-3-5-12(8-10)14(17)16-13-6-7-15-11(2)9-13/h3-9H,1-2H3,(H,15,16,17). The van der Waals surface area contributed by atoms with Crippen LogP contribution in [0.1, 0.15) is 21.6 Å². The Morgan fingerprint density at radius 2 is 2.00 bits per heavy atom. The summed E-state index contributed by atoms with van der Waals surface area (Å²) in [5.41, 5.74) is 3.39. The number of nitrogens with zero attached hydrogens (tertiary/aromatic N) is 1. The van der Waals surface area contributed by atoms with E-state index in [9.17, 15) is 4.79 Å². The predicted molar refractivity (Wildman–Crippen MR) is 68.1 cm³/mol. The lowest BCUT2D eigenvalue weighted by Gasteiger charge is -2.06. The summed E-state index contributed by atoms with van der Waals surface area (Å²) in [6, 6.07) is 11.1. The second-order valence-corrected chi connectivity index (χ2v) is 4.01. The SMILES string of the molecule is Cc1cccc(C(=O)Nc2ccnc(C)c2)c1. The molecule has 0 radical (unpaired) electrons. The zero-order chi connectivity index (χ0) is 12.3. The van der Waals surface area contributed by atoms with Gasteiger partial charge in [-0.05, 0) is 38.1 Å². The van der Waals surface area contributed by atoms with Crippen molar-refractivity contribution in [3.05, 3.63) is 59.4 Å². The molecule has 0 fully saturated rings. The lowest BCUT2D eigenvalue weighted by atomic mass is 10.1. The van der Waals surface area contributed by atoms with Crippen molar-refractivity contribution in [2.75, 3.05) is 5.32 Å². The van der Waals surface area contributed by atoms with Gasteiger partial charge in [-0.15, -0.1) is 0 Å². The zero-order valence-corrected chi connectivity index (χ0v) is 9.90. The Bertz CT molecular complexity index is 549. The third-order valence-electron chi connectivity index (χ3n) is 2.43. The third kappa shape index (κ3) is 2.91. The number of carbonyl (C=O) groups excluding carboxylic acids is 1. The van der Waals surface area contributed by atoms with Crippen molar-refractivity contribution in [1.29, 1.82) is 0 Å². The molecule has 0 aliphatic rings. The molecule has 2 rings (SSSR count). The van der Waals surface area contributed by atoms with Crippen LogP contribution in [0.4, 0.5) is 5.69 Å². The largest absolute Gasteiger partial charge is 0.322 e. The molecule has 0 unspecified atom stereocenters. The first-order valence-electron chi connectivity index (χ1n) is 5.46. The maximum atomic E-state index is 11.9. The number of carbonyl (C=O) groups is 1. The molecule has 0 bridgehead atoms. The van der Waals surface area contributed by atoms with Crippen LogP contribution in [0.2, 0.25) is 0 Å². The molecule has 3 nitrogen and oxygen atoms in total. The van der Waals surface area contributed by atoms with E-state index in [1.807, 2.05) is 38.1 Å². The van der Waals surface area contributed by atoms with E-state index in [0.717, 1.165) is 16.9 Å². The summed E-state index contributed by atoms with van der Waals surface area (Å²) in [5, 5.41) is 2.85. The smallest absolute Gasteiger partial charge is 0.255 e. The molecule has 1 heterocycles. The first kappa shape index (κ1) is 11.3. The maximum Gasteiger partial charge on any atom is 0.255 e. The third-order valence-corrected chi connectivity index (χ3v) is 2.43. The Kier molecular flexibility index (Phi) is 3.19. The number of rotatable bonds is 2. The molecule has 0 atom stereocenters. The maximum absolute atomic E-state index is 11.9. The molecule has 0 saturated heterocycles. The van der Waals surface area contributed by atoms with Crippen LogP contribution in [0.3, 0.4) is 0 Å². The summed E-state index contributed by atoms with van der Waals surface area (Å²) >= 11 is 0. The molecule has 1 aromatic heterocycles. The van der Waals surface area contributed by atoms with Crippen LogP contribution in [0.15, 0.2) is 42.6 Å². The summed E-state index contributed by atoms with van der Waals surface area (Å²) in [7, 11) is 0. The minimum atomic E-state index is -0.0979. The highest BCUT2D eigenvalue weighted by Crippen LogP contribution is 2.10. The first-order valence-corrected chi connectivity index (χ1v) is 5.46. The van der Waals surface area contributed by atoms with E-state index < -0.39 is 0 Å². The minimum Gasteiger partial charge on any atom is -0.322 e. The lowest BCUT2D eigenvalue weighted by molar-refractivity contribution is 0.102. The van der Waals surface area contributed by atoms with Gasteiger partial charge in [0.05, 0.1) is 0 Å². The first-order chi connectivity index (χ1) is 8.15. The summed E-state index contributed by atoms with van der Waals surface area (Å²) in [5.74, 6) is -0.0979. The van der Waals surface area contributed by atoms with Crippen molar-refractivity contribution in [2.45, 2.75) is 13.8 Å². The van der Waals surface area contributed by atoms with Gasteiger partial charge in [0.2, 0.25) is 0 Å². The highest BCUT2D eigenvalue weighted by atomic mass is 16.1. The van der Waals surface area contributed by atoms with Crippen LogP contribution in [-0.2, 0) is 0 Å². The number of aryl methyl sites for hydroxylation is 2. The topological polar surface area (TPSA) is 42.0 Å². The molecule has 2 aromatic rings. The quantitative estimate of drug-likeness (QED) is 0.855. The number of amides is 1. The summed E-state index contributed by atoms with van der Waals surface area (Å²) in [4.78, 5) is 16.0. The average Bonchev–Trinajstić information content (AvgIpc) is 2.29. The molecule has 86 valence electrons. The normalized spacial score (nSPS) is 10.0. The number of pyridine rings is 1. The van der Waals surface area contributed by atoms with Crippen molar-refractivity contribution in [3.63, 3.8) is 0 Å². The highest BCUT2D eigenvalue weighted by molar-refractivity contribution is 6.04. The van der Waals surface area contributed by atoms with Gasteiger partial charge in [-0.2, -0.15) is 0 Å². The molecule has 1 aromatic carbocycles. The van der Waals surface area contributed by atoms with Gasteiger partial charge in [0.15, 0.2) is 0 Å². The zero-order valence-electron chi connectivity index (χ0n) is 9.90. The van der Waals surface area contributed by atoms with Crippen LogP contribution in [0.5, 0.6) is 0 Å². The van der Waals surface area contributed by atoms with Crippen LogP contribution < -0.4 is 5.32 Å². The van der Waals surface area contributed by atoms with Gasteiger partial charge >= 0.3 is 0 Å². The van der Waals surface area contributed by atoms with Crippen molar-refractivity contribution in [1.82, 2.24) is 4.98 Å². The number of benzene rings is 1. The Morgan fingerprint density at radius 1 is 1.18 bits per heavy atom. The van der Waals surface area contributed by atoms with Crippen LogP contribution in [-0.4, -0.2) is 10.9 Å².